The van der Waals surface area contributed by atoms with Gasteiger partial charge < -0.3 is 4.74 Å². The minimum absolute atomic E-state index is 0.819. The molecular weight excluding hydrogens is 148 g/mol. The van der Waals surface area contributed by atoms with Crippen molar-refractivity contribution in [3.05, 3.63) is 11.1 Å². The van der Waals surface area contributed by atoms with Crippen molar-refractivity contribution in [2.75, 3.05) is 13.7 Å². The van der Waals surface area contributed by atoms with Crippen LogP contribution < -0.4 is 0 Å². The smallest absolute Gasteiger partial charge is 0.0433 e. The van der Waals surface area contributed by atoms with E-state index in [1.165, 1.54) is 0 Å². The standard InChI is InChI=1S/C5H9Cl.C3H8O/c1-3-5(6)4-2;1-3-4-2/h3H,4H2,1-2H3;3H2,1-2H3/b5-3+;. The van der Waals surface area contributed by atoms with E-state index in [9.17, 15) is 0 Å². The molecule has 0 aliphatic carbocycles. The highest BCUT2D eigenvalue weighted by Crippen LogP contribution is 2.02. The average Bonchev–Trinajstić information content (AvgIpc) is 2.03. The van der Waals surface area contributed by atoms with Crippen molar-refractivity contribution in [3.8, 4) is 0 Å². The van der Waals surface area contributed by atoms with Gasteiger partial charge >= 0.3 is 0 Å². The van der Waals surface area contributed by atoms with Gasteiger partial charge in [-0.15, -0.1) is 0 Å². The van der Waals surface area contributed by atoms with Crippen LogP contribution in [0.4, 0.5) is 0 Å². The molecule has 0 aromatic heterocycles. The number of rotatable bonds is 2. The predicted octanol–water partition coefficient (Wildman–Crippen LogP) is 3.19. The van der Waals surface area contributed by atoms with Crippen LogP contribution in [0.5, 0.6) is 0 Å². The second kappa shape index (κ2) is 11.7. The van der Waals surface area contributed by atoms with Crippen LogP contribution in [0.25, 0.3) is 0 Å². The summed E-state index contributed by atoms with van der Waals surface area (Å²) < 4.78 is 4.54. The summed E-state index contributed by atoms with van der Waals surface area (Å²) in [5.41, 5.74) is 0. The van der Waals surface area contributed by atoms with Crippen molar-refractivity contribution in [1.29, 1.82) is 0 Å². The van der Waals surface area contributed by atoms with E-state index in [0.29, 0.717) is 0 Å². The van der Waals surface area contributed by atoms with Gasteiger partial charge in [-0.1, -0.05) is 24.6 Å². The van der Waals surface area contributed by atoms with E-state index < -0.39 is 0 Å². The lowest BCUT2D eigenvalue weighted by molar-refractivity contribution is 0.215. The molecule has 0 bridgehead atoms. The van der Waals surface area contributed by atoms with Crippen molar-refractivity contribution >= 4 is 11.6 Å². The molecule has 0 N–H and O–H groups in total. The predicted molar refractivity (Wildman–Crippen MR) is 47.5 cm³/mol. The van der Waals surface area contributed by atoms with Crippen LogP contribution in [-0.2, 0) is 4.74 Å². The van der Waals surface area contributed by atoms with Crippen LogP contribution in [0.2, 0.25) is 0 Å². The van der Waals surface area contributed by atoms with Crippen molar-refractivity contribution in [1.82, 2.24) is 0 Å². The molecule has 0 saturated carbocycles. The maximum Gasteiger partial charge on any atom is 0.0433 e. The van der Waals surface area contributed by atoms with Gasteiger partial charge in [0, 0.05) is 18.7 Å². The highest BCUT2D eigenvalue weighted by Gasteiger charge is 1.76. The van der Waals surface area contributed by atoms with E-state index in [1.807, 2.05) is 26.8 Å². The zero-order chi connectivity index (χ0) is 8.41. The molecular formula is C8H17ClO. The highest BCUT2D eigenvalue weighted by molar-refractivity contribution is 6.29. The number of ether oxygens (including phenoxy) is 1. The van der Waals surface area contributed by atoms with Gasteiger partial charge in [0.05, 0.1) is 0 Å². The maximum atomic E-state index is 5.51. The fourth-order valence-corrected chi connectivity index (χ4v) is 0.204. The summed E-state index contributed by atoms with van der Waals surface area (Å²) in [4.78, 5) is 0. The van der Waals surface area contributed by atoms with Crippen LogP contribution in [0.1, 0.15) is 27.2 Å². The Kier molecular flexibility index (Phi) is 14.9. The third-order valence-corrected chi connectivity index (χ3v) is 1.43. The van der Waals surface area contributed by atoms with E-state index in [0.717, 1.165) is 18.1 Å². The summed E-state index contributed by atoms with van der Waals surface area (Å²) in [6, 6.07) is 0. The Morgan fingerprint density at radius 3 is 1.90 bits per heavy atom. The van der Waals surface area contributed by atoms with Gasteiger partial charge in [0.15, 0.2) is 0 Å². The quantitative estimate of drug-likeness (QED) is 0.609. The molecule has 0 saturated heterocycles. The third-order valence-electron chi connectivity index (χ3n) is 0.940. The van der Waals surface area contributed by atoms with Gasteiger partial charge in [-0.05, 0) is 20.3 Å². The van der Waals surface area contributed by atoms with Crippen LogP contribution in [0.3, 0.4) is 0 Å². The van der Waals surface area contributed by atoms with E-state index in [1.54, 1.807) is 7.11 Å². The summed E-state index contributed by atoms with van der Waals surface area (Å²) in [6.07, 6.45) is 2.86. The number of hydrogen-bond donors (Lipinski definition) is 0. The fourth-order valence-electron chi connectivity index (χ4n) is 0.204. The topological polar surface area (TPSA) is 9.23 Å². The molecule has 0 aliphatic rings. The Morgan fingerprint density at radius 1 is 1.50 bits per heavy atom. The second-order valence-electron chi connectivity index (χ2n) is 1.67. The maximum absolute atomic E-state index is 5.51. The number of hydrogen-bond acceptors (Lipinski definition) is 1. The average molecular weight is 165 g/mol. The Hall–Kier alpha value is -0.0100. The van der Waals surface area contributed by atoms with Crippen LogP contribution in [-0.4, -0.2) is 13.7 Å². The van der Waals surface area contributed by atoms with Crippen LogP contribution in [0, 0.1) is 0 Å². The first kappa shape index (κ1) is 12.6. The number of halogens is 1. The van der Waals surface area contributed by atoms with Gasteiger partial charge in [0.2, 0.25) is 0 Å². The van der Waals surface area contributed by atoms with E-state index in [4.69, 9.17) is 11.6 Å². The molecule has 0 radical (unpaired) electrons. The summed E-state index contributed by atoms with van der Waals surface area (Å²) in [7, 11) is 1.68. The van der Waals surface area contributed by atoms with Crippen molar-refractivity contribution in [3.63, 3.8) is 0 Å². The molecule has 10 heavy (non-hydrogen) atoms. The Balaban J connectivity index is 0. The minimum Gasteiger partial charge on any atom is -0.385 e. The van der Waals surface area contributed by atoms with Crippen molar-refractivity contribution < 1.29 is 4.74 Å². The molecule has 0 rings (SSSR count). The molecule has 0 fully saturated rings. The van der Waals surface area contributed by atoms with Crippen LogP contribution >= 0.6 is 11.6 Å². The van der Waals surface area contributed by atoms with Gasteiger partial charge in [-0.3, -0.25) is 0 Å². The normalized spacial score (nSPS) is 10.3. The summed E-state index contributed by atoms with van der Waals surface area (Å²) in [5.74, 6) is 0. The Bertz CT molecular complexity index is 77.3. The number of methoxy groups -OCH3 is 1. The summed E-state index contributed by atoms with van der Waals surface area (Å²) >= 11 is 5.51. The fraction of sp³-hybridized carbons (Fsp3) is 0.750. The number of allylic oxidation sites excluding steroid dienone is 2. The van der Waals surface area contributed by atoms with E-state index >= 15 is 0 Å². The monoisotopic (exact) mass is 164 g/mol. The Labute approximate surface area is 69.0 Å². The third kappa shape index (κ3) is 15.7. The zero-order valence-corrected chi connectivity index (χ0v) is 8.03. The first-order valence-corrected chi connectivity index (χ1v) is 3.90. The molecule has 0 aromatic rings. The molecule has 0 unspecified atom stereocenters. The zero-order valence-electron chi connectivity index (χ0n) is 7.28. The molecule has 0 heterocycles. The van der Waals surface area contributed by atoms with Gasteiger partial charge in [0.1, 0.15) is 0 Å². The molecule has 1 nitrogen and oxygen atoms in total. The minimum atomic E-state index is 0.819. The molecule has 0 aliphatic heterocycles. The first-order valence-electron chi connectivity index (χ1n) is 3.52. The lowest BCUT2D eigenvalue weighted by Crippen LogP contribution is -1.73. The molecule has 0 aromatic carbocycles. The van der Waals surface area contributed by atoms with Crippen LogP contribution in [0.15, 0.2) is 11.1 Å². The molecule has 62 valence electrons. The van der Waals surface area contributed by atoms with Crippen molar-refractivity contribution in [2.45, 2.75) is 27.2 Å². The van der Waals surface area contributed by atoms with Crippen molar-refractivity contribution in [2.24, 2.45) is 0 Å². The largest absolute Gasteiger partial charge is 0.385 e. The first-order chi connectivity index (χ1) is 4.72. The second-order valence-corrected chi connectivity index (χ2v) is 2.15. The molecule has 2 heteroatoms. The Morgan fingerprint density at radius 2 is 1.90 bits per heavy atom. The lowest BCUT2D eigenvalue weighted by atomic mass is 10.4. The molecule has 0 amide bonds. The van der Waals surface area contributed by atoms with E-state index in [2.05, 4.69) is 4.74 Å². The highest BCUT2D eigenvalue weighted by atomic mass is 35.5. The SMILES string of the molecule is C/C=C(/Cl)CC.CCOC. The summed E-state index contributed by atoms with van der Waals surface area (Å²) in [5, 5.41) is 0.940. The van der Waals surface area contributed by atoms with Gasteiger partial charge in [0.25, 0.3) is 0 Å². The van der Waals surface area contributed by atoms with Gasteiger partial charge in [-0.2, -0.15) is 0 Å². The summed E-state index contributed by atoms with van der Waals surface area (Å²) in [6.45, 7) is 6.74. The molecule has 0 spiro atoms. The molecule has 0 atom stereocenters. The van der Waals surface area contributed by atoms with Gasteiger partial charge in [-0.25, -0.2) is 0 Å². The van der Waals surface area contributed by atoms with E-state index in [-0.39, 0.29) is 0 Å². The lowest BCUT2D eigenvalue weighted by Gasteiger charge is -1.81.